The summed E-state index contributed by atoms with van der Waals surface area (Å²) in [6.07, 6.45) is 13.8. The van der Waals surface area contributed by atoms with E-state index in [1.165, 1.54) is 25.7 Å². The Morgan fingerprint density at radius 1 is 1.03 bits per heavy atom. The van der Waals surface area contributed by atoms with Crippen molar-refractivity contribution < 1.29 is 19.0 Å². The van der Waals surface area contributed by atoms with Crippen molar-refractivity contribution in [2.75, 3.05) is 6.79 Å². The lowest BCUT2D eigenvalue weighted by Crippen LogP contribution is -2.59. The molecule has 188 valence electrons. The number of ether oxygens (including phenoxy) is 3. The second-order valence-corrected chi connectivity index (χ2v) is 13.1. The van der Waals surface area contributed by atoms with E-state index >= 15 is 0 Å². The fraction of sp³-hybridized carbons (Fsp3) is 0.897. The van der Waals surface area contributed by atoms with Gasteiger partial charge in [-0.25, -0.2) is 0 Å². The van der Waals surface area contributed by atoms with Crippen LogP contribution < -0.4 is 0 Å². The van der Waals surface area contributed by atoms with Crippen molar-refractivity contribution in [2.45, 2.75) is 123 Å². The molecule has 3 atom stereocenters. The van der Waals surface area contributed by atoms with Gasteiger partial charge in [0, 0.05) is 5.41 Å². The number of allylic oxidation sites excluding steroid dienone is 1. The van der Waals surface area contributed by atoms with Gasteiger partial charge in [-0.05, 0) is 88.4 Å². The van der Waals surface area contributed by atoms with Gasteiger partial charge < -0.3 is 14.2 Å². The summed E-state index contributed by atoms with van der Waals surface area (Å²) in [6, 6.07) is 0. The van der Waals surface area contributed by atoms with Crippen LogP contribution in [0.1, 0.15) is 112 Å². The van der Waals surface area contributed by atoms with Gasteiger partial charge in [0.15, 0.2) is 6.79 Å². The highest BCUT2D eigenvalue weighted by Crippen LogP contribution is 2.65. The van der Waals surface area contributed by atoms with Crippen molar-refractivity contribution in [2.24, 2.45) is 34.5 Å². The van der Waals surface area contributed by atoms with Crippen LogP contribution in [0.2, 0.25) is 0 Å². The molecule has 0 aromatic rings. The molecule has 0 amide bonds. The fourth-order valence-corrected chi connectivity index (χ4v) is 7.93. The number of carbonyl (C=O) groups is 1. The van der Waals surface area contributed by atoms with Gasteiger partial charge in [-0.15, -0.1) is 0 Å². The van der Waals surface area contributed by atoms with Crippen molar-refractivity contribution in [3.05, 3.63) is 12.3 Å². The van der Waals surface area contributed by atoms with Crippen molar-refractivity contribution in [1.82, 2.24) is 0 Å². The summed E-state index contributed by atoms with van der Waals surface area (Å²) in [5.74, 6) is 2.82. The van der Waals surface area contributed by atoms with E-state index in [2.05, 4.69) is 41.2 Å². The highest BCUT2D eigenvalue weighted by Gasteiger charge is 2.62. The first-order valence-corrected chi connectivity index (χ1v) is 13.7. The molecule has 0 aromatic heterocycles. The number of rotatable bonds is 10. The van der Waals surface area contributed by atoms with Crippen molar-refractivity contribution >= 4 is 5.97 Å². The average molecular weight is 461 g/mol. The Bertz CT molecular complexity index is 705. The maximum Gasteiger partial charge on any atom is 0.312 e. The highest BCUT2D eigenvalue weighted by molar-refractivity contribution is 5.77. The zero-order chi connectivity index (χ0) is 23.9. The van der Waals surface area contributed by atoms with E-state index in [0.29, 0.717) is 30.7 Å². The summed E-state index contributed by atoms with van der Waals surface area (Å²) in [7, 11) is 0. The van der Waals surface area contributed by atoms with E-state index in [4.69, 9.17) is 14.2 Å². The highest BCUT2D eigenvalue weighted by atomic mass is 16.7. The molecule has 4 heteroatoms. The lowest BCUT2D eigenvalue weighted by atomic mass is 9.47. The van der Waals surface area contributed by atoms with Crippen LogP contribution in [-0.2, 0) is 19.0 Å². The van der Waals surface area contributed by atoms with E-state index < -0.39 is 5.41 Å². The molecular weight excluding hydrogens is 412 g/mol. The zero-order valence-electron chi connectivity index (χ0n) is 21.9. The predicted molar refractivity (Wildman–Crippen MR) is 131 cm³/mol. The molecule has 5 fully saturated rings. The molecule has 4 bridgehead atoms. The van der Waals surface area contributed by atoms with Crippen molar-refractivity contribution in [3.8, 4) is 0 Å². The molecule has 0 aliphatic heterocycles. The topological polar surface area (TPSA) is 44.8 Å². The molecule has 0 N–H and O–H groups in total. The largest absolute Gasteiger partial charge is 0.472 e. The van der Waals surface area contributed by atoms with Gasteiger partial charge in [0.05, 0.1) is 17.3 Å². The van der Waals surface area contributed by atoms with Crippen LogP contribution in [0, 0.1) is 34.5 Å². The molecule has 0 spiro atoms. The first kappa shape index (κ1) is 25.1. The molecule has 33 heavy (non-hydrogen) atoms. The Morgan fingerprint density at radius 3 is 2.24 bits per heavy atom. The van der Waals surface area contributed by atoms with Gasteiger partial charge in [-0.1, -0.05) is 53.5 Å². The minimum absolute atomic E-state index is 0.00969. The summed E-state index contributed by atoms with van der Waals surface area (Å²) < 4.78 is 18.8. The average Bonchev–Trinajstić information content (AvgIpc) is 2.72. The third kappa shape index (κ3) is 5.16. The van der Waals surface area contributed by atoms with Crippen LogP contribution >= 0.6 is 0 Å². The molecule has 0 heterocycles. The minimum Gasteiger partial charge on any atom is -0.472 e. The molecule has 5 aliphatic rings. The maximum absolute atomic E-state index is 13.7. The third-order valence-corrected chi connectivity index (χ3v) is 9.57. The molecule has 5 aliphatic carbocycles. The Labute approximate surface area is 202 Å². The molecule has 0 radical (unpaired) electrons. The van der Waals surface area contributed by atoms with E-state index in [1.807, 2.05) is 0 Å². The van der Waals surface area contributed by atoms with Crippen molar-refractivity contribution in [3.63, 3.8) is 0 Å². The zero-order valence-corrected chi connectivity index (χ0v) is 21.9. The van der Waals surface area contributed by atoms with Gasteiger partial charge in [0.1, 0.15) is 5.60 Å². The monoisotopic (exact) mass is 460 g/mol. The normalized spacial score (nSPS) is 35.6. The van der Waals surface area contributed by atoms with Crippen LogP contribution in [0.25, 0.3) is 0 Å². The lowest BCUT2D eigenvalue weighted by Gasteiger charge is -2.61. The minimum atomic E-state index is -0.438. The Hall–Kier alpha value is -1.03. The standard InChI is InChI=1S/C29H48O4/c1-20(2)13-27(6,21(3)4)26(30)33-29-16-23-12-24(17-29)15-28(14-23,18-29)22(5)31-19-32-25-10-8-7-9-11-25/h20-21,23-25H,5,7-19H2,1-4,6H3. The quantitative estimate of drug-likeness (QED) is 0.193. The Kier molecular flexibility index (Phi) is 7.26. The second-order valence-electron chi connectivity index (χ2n) is 13.1. The third-order valence-electron chi connectivity index (χ3n) is 9.57. The summed E-state index contributed by atoms with van der Waals surface area (Å²) in [5.41, 5.74) is -0.844. The molecule has 5 saturated carbocycles. The summed E-state index contributed by atoms with van der Waals surface area (Å²) >= 11 is 0. The van der Waals surface area contributed by atoms with Gasteiger partial charge >= 0.3 is 5.97 Å². The first-order valence-electron chi connectivity index (χ1n) is 13.7. The number of hydrogen-bond donors (Lipinski definition) is 0. The van der Waals surface area contributed by atoms with E-state index in [1.54, 1.807) is 0 Å². The van der Waals surface area contributed by atoms with E-state index in [-0.39, 0.29) is 22.9 Å². The molecular formula is C29H48O4. The summed E-state index contributed by atoms with van der Waals surface area (Å²) in [6.45, 7) is 15.6. The molecule has 4 nitrogen and oxygen atoms in total. The van der Waals surface area contributed by atoms with E-state index in [0.717, 1.165) is 57.1 Å². The Balaban J connectivity index is 1.43. The van der Waals surface area contributed by atoms with Crippen LogP contribution in [0.5, 0.6) is 0 Å². The van der Waals surface area contributed by atoms with Gasteiger partial charge in [-0.3, -0.25) is 4.79 Å². The van der Waals surface area contributed by atoms with Gasteiger partial charge in [-0.2, -0.15) is 0 Å². The SMILES string of the molecule is C=C(OCOC1CCCCC1)C12CC3CC(CC(OC(=O)C(C)(CC(C)C)C(C)C)(C3)C1)C2. The molecule has 0 saturated heterocycles. The predicted octanol–water partition coefficient (Wildman–Crippen LogP) is 7.41. The smallest absolute Gasteiger partial charge is 0.312 e. The molecule has 0 aromatic carbocycles. The second kappa shape index (κ2) is 9.55. The summed E-state index contributed by atoms with van der Waals surface area (Å²) in [5, 5.41) is 0. The number of carbonyl (C=O) groups excluding carboxylic acids is 1. The Morgan fingerprint density at radius 2 is 1.67 bits per heavy atom. The number of hydrogen-bond acceptors (Lipinski definition) is 4. The lowest BCUT2D eigenvalue weighted by molar-refractivity contribution is -0.214. The van der Waals surface area contributed by atoms with E-state index in [9.17, 15) is 4.79 Å². The van der Waals surface area contributed by atoms with Gasteiger partial charge in [0.2, 0.25) is 0 Å². The van der Waals surface area contributed by atoms with Crippen LogP contribution in [0.3, 0.4) is 0 Å². The van der Waals surface area contributed by atoms with Crippen LogP contribution in [-0.4, -0.2) is 24.5 Å². The molecule has 5 rings (SSSR count). The van der Waals surface area contributed by atoms with Gasteiger partial charge in [0.25, 0.3) is 0 Å². The van der Waals surface area contributed by atoms with Crippen LogP contribution in [0.15, 0.2) is 12.3 Å². The molecule has 3 unspecified atom stereocenters. The number of esters is 1. The van der Waals surface area contributed by atoms with Crippen LogP contribution in [0.4, 0.5) is 0 Å². The maximum atomic E-state index is 13.7. The fourth-order valence-electron chi connectivity index (χ4n) is 7.93. The summed E-state index contributed by atoms with van der Waals surface area (Å²) in [4.78, 5) is 13.7. The first-order chi connectivity index (χ1) is 15.6. The van der Waals surface area contributed by atoms with Crippen molar-refractivity contribution in [1.29, 1.82) is 0 Å².